The summed E-state index contributed by atoms with van der Waals surface area (Å²) in [6, 6.07) is 0.240. The maximum atomic E-state index is 12.5. The lowest BCUT2D eigenvalue weighted by Gasteiger charge is -2.38. The Kier molecular flexibility index (Phi) is 4.08. The molecule has 17 heavy (non-hydrogen) atoms. The van der Waals surface area contributed by atoms with E-state index in [1.165, 1.54) is 12.8 Å². The van der Waals surface area contributed by atoms with Crippen LogP contribution in [0.15, 0.2) is 0 Å². The lowest BCUT2D eigenvalue weighted by Crippen LogP contribution is -2.46. The number of likely N-dealkylation sites (tertiary alicyclic amines) is 1. The van der Waals surface area contributed by atoms with Crippen molar-refractivity contribution in [2.75, 3.05) is 13.1 Å². The first kappa shape index (κ1) is 12.9. The van der Waals surface area contributed by atoms with Crippen LogP contribution in [0.25, 0.3) is 0 Å². The van der Waals surface area contributed by atoms with E-state index in [0.29, 0.717) is 11.8 Å². The van der Waals surface area contributed by atoms with Gasteiger partial charge in [-0.1, -0.05) is 13.8 Å². The highest BCUT2D eigenvalue weighted by molar-refractivity contribution is 5.79. The number of nitrogens with two attached hydrogens (primary N) is 1. The summed E-state index contributed by atoms with van der Waals surface area (Å²) in [4.78, 5) is 14.6. The van der Waals surface area contributed by atoms with Crippen molar-refractivity contribution in [3.8, 4) is 0 Å². The second-order valence-electron chi connectivity index (χ2n) is 6.16. The molecule has 1 saturated carbocycles. The van der Waals surface area contributed by atoms with Gasteiger partial charge in [-0.25, -0.2) is 0 Å². The molecule has 1 heterocycles. The average Bonchev–Trinajstić information content (AvgIpc) is 2.32. The molecule has 2 fully saturated rings. The Morgan fingerprint density at radius 1 is 1.12 bits per heavy atom. The van der Waals surface area contributed by atoms with Crippen LogP contribution in [0.5, 0.6) is 0 Å². The third-order valence-electron chi connectivity index (χ3n) is 4.65. The summed E-state index contributed by atoms with van der Waals surface area (Å²) in [7, 11) is 0. The summed E-state index contributed by atoms with van der Waals surface area (Å²) in [6.07, 6.45) is 5.42. The fourth-order valence-corrected chi connectivity index (χ4v) is 3.16. The van der Waals surface area contributed by atoms with Crippen LogP contribution >= 0.6 is 0 Å². The molecule has 1 amide bonds. The second-order valence-corrected chi connectivity index (χ2v) is 6.16. The number of hydrogen-bond acceptors (Lipinski definition) is 2. The summed E-state index contributed by atoms with van der Waals surface area (Å²) in [5, 5.41) is 0. The molecular formula is C14H26N2O. The summed E-state index contributed by atoms with van der Waals surface area (Å²) in [5.41, 5.74) is 6.01. The number of nitrogens with zero attached hydrogens (tertiary/aromatic N) is 1. The Hall–Kier alpha value is -0.570. The van der Waals surface area contributed by atoms with Crippen LogP contribution in [0, 0.1) is 17.8 Å². The highest BCUT2D eigenvalue weighted by Gasteiger charge is 2.34. The monoisotopic (exact) mass is 238 g/mol. The minimum atomic E-state index is 0.187. The number of piperidine rings is 1. The minimum Gasteiger partial charge on any atom is -0.342 e. The van der Waals surface area contributed by atoms with Gasteiger partial charge in [0.1, 0.15) is 0 Å². The summed E-state index contributed by atoms with van der Waals surface area (Å²) < 4.78 is 0. The van der Waals surface area contributed by atoms with Gasteiger partial charge < -0.3 is 10.6 Å². The molecule has 0 spiro atoms. The number of carbonyl (C=O) groups excluding carboxylic acids is 1. The largest absolute Gasteiger partial charge is 0.342 e. The molecule has 0 bridgehead atoms. The number of hydrogen-bond donors (Lipinski definition) is 1. The highest BCUT2D eigenvalue weighted by atomic mass is 16.2. The molecule has 1 aliphatic carbocycles. The molecule has 2 rings (SSSR count). The van der Waals surface area contributed by atoms with Gasteiger partial charge in [0.2, 0.25) is 5.91 Å². The zero-order valence-electron chi connectivity index (χ0n) is 11.2. The number of rotatable bonds is 1. The van der Waals surface area contributed by atoms with E-state index in [2.05, 4.69) is 18.7 Å². The predicted molar refractivity (Wildman–Crippen MR) is 69.5 cm³/mol. The third-order valence-corrected chi connectivity index (χ3v) is 4.65. The van der Waals surface area contributed by atoms with Gasteiger partial charge in [-0.3, -0.25) is 4.79 Å². The quantitative estimate of drug-likeness (QED) is 0.759. The summed E-state index contributed by atoms with van der Waals surface area (Å²) in [6.45, 7) is 6.40. The Labute approximate surface area is 105 Å². The van der Waals surface area contributed by atoms with Crippen molar-refractivity contribution in [1.82, 2.24) is 4.90 Å². The second kappa shape index (κ2) is 5.38. The van der Waals surface area contributed by atoms with E-state index in [-0.39, 0.29) is 12.0 Å². The van der Waals surface area contributed by atoms with Crippen LogP contribution in [0.4, 0.5) is 0 Å². The standard InChI is InChI=1S/C14H26N2O/c1-10-5-7-16(8-6-10)14(17)13-9-12(15)4-3-11(13)2/h10-13H,3-9,15H2,1-2H3. The third kappa shape index (κ3) is 3.01. The number of carbonyl (C=O) groups is 1. The summed E-state index contributed by atoms with van der Waals surface area (Å²) >= 11 is 0. The molecule has 0 aromatic rings. The number of amides is 1. The molecule has 3 atom stereocenters. The average molecular weight is 238 g/mol. The zero-order chi connectivity index (χ0) is 12.4. The van der Waals surface area contributed by atoms with Crippen LogP contribution in [-0.4, -0.2) is 29.9 Å². The minimum absolute atomic E-state index is 0.187. The van der Waals surface area contributed by atoms with Crippen LogP contribution in [0.1, 0.15) is 46.0 Å². The summed E-state index contributed by atoms with van der Waals surface area (Å²) in [5.74, 6) is 1.86. The van der Waals surface area contributed by atoms with Gasteiger partial charge in [0.15, 0.2) is 0 Å². The van der Waals surface area contributed by atoms with E-state index in [4.69, 9.17) is 5.73 Å². The van der Waals surface area contributed by atoms with E-state index < -0.39 is 0 Å². The Balaban J connectivity index is 1.94. The van der Waals surface area contributed by atoms with Gasteiger partial charge in [-0.05, 0) is 43.9 Å². The lowest BCUT2D eigenvalue weighted by molar-refractivity contribution is -0.139. The molecule has 0 aromatic heterocycles. The van der Waals surface area contributed by atoms with Crippen molar-refractivity contribution in [1.29, 1.82) is 0 Å². The molecular weight excluding hydrogens is 212 g/mol. The van der Waals surface area contributed by atoms with Crippen molar-refractivity contribution in [2.45, 2.75) is 52.0 Å². The first-order chi connectivity index (χ1) is 8.08. The van der Waals surface area contributed by atoms with Gasteiger partial charge in [-0.2, -0.15) is 0 Å². The van der Waals surface area contributed by atoms with Crippen molar-refractivity contribution in [3.63, 3.8) is 0 Å². The predicted octanol–water partition coefficient (Wildman–Crippen LogP) is 2.01. The Morgan fingerprint density at radius 3 is 2.41 bits per heavy atom. The van der Waals surface area contributed by atoms with Gasteiger partial charge in [0.05, 0.1) is 0 Å². The molecule has 3 nitrogen and oxygen atoms in total. The Morgan fingerprint density at radius 2 is 1.76 bits per heavy atom. The molecule has 1 saturated heterocycles. The van der Waals surface area contributed by atoms with Gasteiger partial charge in [0, 0.05) is 25.0 Å². The van der Waals surface area contributed by atoms with Gasteiger partial charge in [0.25, 0.3) is 0 Å². The first-order valence-electron chi connectivity index (χ1n) is 7.12. The van der Waals surface area contributed by atoms with Gasteiger partial charge >= 0.3 is 0 Å². The van der Waals surface area contributed by atoms with E-state index in [0.717, 1.165) is 38.3 Å². The van der Waals surface area contributed by atoms with E-state index in [1.54, 1.807) is 0 Å². The van der Waals surface area contributed by atoms with Crippen LogP contribution < -0.4 is 5.73 Å². The van der Waals surface area contributed by atoms with E-state index in [1.807, 2.05) is 0 Å². The van der Waals surface area contributed by atoms with Crippen molar-refractivity contribution < 1.29 is 4.79 Å². The zero-order valence-corrected chi connectivity index (χ0v) is 11.2. The molecule has 3 heteroatoms. The first-order valence-corrected chi connectivity index (χ1v) is 7.12. The normalized spacial score (nSPS) is 35.9. The topological polar surface area (TPSA) is 46.3 Å². The molecule has 0 aromatic carbocycles. The Bertz CT molecular complexity index is 271. The SMILES string of the molecule is CC1CCN(C(=O)C2CC(N)CCC2C)CC1. The smallest absolute Gasteiger partial charge is 0.226 e. The molecule has 1 aliphatic heterocycles. The van der Waals surface area contributed by atoms with E-state index >= 15 is 0 Å². The molecule has 3 unspecified atom stereocenters. The molecule has 2 N–H and O–H groups in total. The van der Waals surface area contributed by atoms with Gasteiger partial charge in [-0.15, -0.1) is 0 Å². The maximum absolute atomic E-state index is 12.5. The molecule has 98 valence electrons. The van der Waals surface area contributed by atoms with Crippen molar-refractivity contribution in [3.05, 3.63) is 0 Å². The highest BCUT2D eigenvalue weighted by Crippen LogP contribution is 2.31. The molecule has 0 radical (unpaired) electrons. The van der Waals surface area contributed by atoms with Crippen molar-refractivity contribution >= 4 is 5.91 Å². The van der Waals surface area contributed by atoms with Crippen LogP contribution in [0.2, 0.25) is 0 Å². The molecule has 2 aliphatic rings. The maximum Gasteiger partial charge on any atom is 0.226 e. The van der Waals surface area contributed by atoms with E-state index in [9.17, 15) is 4.79 Å². The lowest BCUT2D eigenvalue weighted by atomic mass is 9.77. The van der Waals surface area contributed by atoms with Crippen LogP contribution in [0.3, 0.4) is 0 Å². The fourth-order valence-electron chi connectivity index (χ4n) is 3.16. The van der Waals surface area contributed by atoms with Crippen molar-refractivity contribution in [2.24, 2.45) is 23.5 Å². The fraction of sp³-hybridized carbons (Fsp3) is 0.929. The van der Waals surface area contributed by atoms with Crippen LogP contribution in [-0.2, 0) is 4.79 Å².